The Labute approximate surface area is 104 Å². The van der Waals surface area contributed by atoms with Crippen molar-refractivity contribution in [2.45, 2.75) is 0 Å². The van der Waals surface area contributed by atoms with Gasteiger partial charge in [-0.3, -0.25) is 4.79 Å². The molecule has 0 fully saturated rings. The normalized spacial score (nSPS) is 13.2. The number of hydrogen-bond acceptors (Lipinski definition) is 2. The summed E-state index contributed by atoms with van der Waals surface area (Å²) in [6.45, 7) is 0. The molecule has 0 aliphatic carbocycles. The van der Waals surface area contributed by atoms with E-state index in [4.69, 9.17) is 4.74 Å². The number of carbonyl (C=O) groups is 1. The molecular weight excluding hydrogens is 226 g/mol. The Bertz CT molecular complexity index is 733. The number of carbonyl (C=O) groups excluding carboxylic acids is 1. The average Bonchev–Trinajstić information content (AvgIpc) is 2.74. The molecular formula is C15H11NO2. The summed E-state index contributed by atoms with van der Waals surface area (Å²) in [5.41, 5.74) is 1.56. The van der Waals surface area contributed by atoms with Crippen molar-refractivity contribution >= 4 is 11.5 Å². The minimum absolute atomic E-state index is 0.190. The summed E-state index contributed by atoms with van der Waals surface area (Å²) in [5, 5.41) is 1.55. The first-order valence-electron chi connectivity index (χ1n) is 5.66. The van der Waals surface area contributed by atoms with Gasteiger partial charge < -0.3 is 4.74 Å². The predicted molar refractivity (Wildman–Crippen MR) is 67.7 cm³/mol. The van der Waals surface area contributed by atoms with E-state index in [0.717, 1.165) is 10.8 Å². The van der Waals surface area contributed by atoms with Crippen LogP contribution in [0, 0.1) is 0 Å². The summed E-state index contributed by atoms with van der Waals surface area (Å²) in [6, 6.07) is 15.1. The van der Waals surface area contributed by atoms with Crippen molar-refractivity contribution in [3.05, 3.63) is 64.7 Å². The van der Waals surface area contributed by atoms with E-state index in [2.05, 4.69) is 4.99 Å². The van der Waals surface area contributed by atoms with Crippen LogP contribution in [0.5, 0.6) is 5.75 Å². The molecule has 0 N–H and O–H groups in total. The number of ether oxygens (including phenoxy) is 1. The van der Waals surface area contributed by atoms with Gasteiger partial charge in [0.05, 0.1) is 18.0 Å². The Kier molecular flexibility index (Phi) is 2.45. The molecule has 0 atom stereocenters. The van der Waals surface area contributed by atoms with Crippen LogP contribution in [0.3, 0.4) is 0 Å². The molecule has 0 bridgehead atoms. The Hall–Kier alpha value is -2.42. The van der Waals surface area contributed by atoms with Gasteiger partial charge in [-0.2, -0.15) is 0 Å². The fourth-order valence-electron chi connectivity index (χ4n) is 2.11. The van der Waals surface area contributed by atoms with Crippen LogP contribution in [0.15, 0.2) is 53.5 Å². The number of fused-ring (bicyclic) bond motifs is 1. The van der Waals surface area contributed by atoms with Gasteiger partial charge in [-0.05, 0) is 17.7 Å². The molecule has 1 heterocycles. The van der Waals surface area contributed by atoms with Crippen LogP contribution in [0.25, 0.3) is 5.57 Å². The SMILES string of the molecule is COc1ccc2c(c1)=NC(=O)C=2c1ccccc1. The quantitative estimate of drug-likeness (QED) is 0.783. The zero-order chi connectivity index (χ0) is 12.5. The first-order valence-corrected chi connectivity index (χ1v) is 5.66. The van der Waals surface area contributed by atoms with Crippen molar-refractivity contribution in [3.8, 4) is 5.75 Å². The molecule has 1 aliphatic rings. The average molecular weight is 237 g/mol. The third-order valence-corrected chi connectivity index (χ3v) is 2.97. The topological polar surface area (TPSA) is 38.7 Å². The molecule has 0 saturated heterocycles. The van der Waals surface area contributed by atoms with Crippen LogP contribution in [-0.4, -0.2) is 13.0 Å². The fraction of sp³-hybridized carbons (Fsp3) is 0.0667. The third-order valence-electron chi connectivity index (χ3n) is 2.97. The van der Waals surface area contributed by atoms with Crippen molar-refractivity contribution in [2.75, 3.05) is 7.11 Å². The van der Waals surface area contributed by atoms with Crippen molar-refractivity contribution in [3.63, 3.8) is 0 Å². The van der Waals surface area contributed by atoms with E-state index < -0.39 is 0 Å². The maximum atomic E-state index is 12.0. The van der Waals surface area contributed by atoms with Crippen LogP contribution < -0.4 is 15.3 Å². The number of hydrogen-bond donors (Lipinski definition) is 0. The van der Waals surface area contributed by atoms with E-state index >= 15 is 0 Å². The van der Waals surface area contributed by atoms with E-state index in [9.17, 15) is 4.79 Å². The van der Waals surface area contributed by atoms with Crippen molar-refractivity contribution in [1.29, 1.82) is 0 Å². The predicted octanol–water partition coefficient (Wildman–Crippen LogP) is 1.05. The van der Waals surface area contributed by atoms with Gasteiger partial charge in [0.15, 0.2) is 0 Å². The minimum atomic E-state index is -0.190. The number of amides is 1. The molecule has 2 aromatic rings. The maximum absolute atomic E-state index is 12.0. The molecule has 2 aromatic carbocycles. The van der Waals surface area contributed by atoms with Gasteiger partial charge in [-0.15, -0.1) is 0 Å². The lowest BCUT2D eigenvalue weighted by molar-refractivity contribution is -0.112. The van der Waals surface area contributed by atoms with Gasteiger partial charge in [0.25, 0.3) is 5.91 Å². The molecule has 18 heavy (non-hydrogen) atoms. The standard InChI is InChI=1S/C15H11NO2/c1-18-11-7-8-12-13(9-11)16-15(17)14(12)10-5-3-2-4-6-10/h2-9H,1H3. The summed E-state index contributed by atoms with van der Waals surface area (Å²) in [6.07, 6.45) is 0. The molecule has 0 aromatic heterocycles. The highest BCUT2D eigenvalue weighted by Crippen LogP contribution is 2.14. The highest BCUT2D eigenvalue weighted by molar-refractivity contribution is 6.20. The summed E-state index contributed by atoms with van der Waals surface area (Å²) in [5.74, 6) is 0.518. The van der Waals surface area contributed by atoms with Crippen LogP contribution in [0.2, 0.25) is 0 Å². The Morgan fingerprint density at radius 2 is 1.83 bits per heavy atom. The molecule has 0 spiro atoms. The van der Waals surface area contributed by atoms with Gasteiger partial charge in [-0.1, -0.05) is 30.3 Å². The summed E-state index contributed by atoms with van der Waals surface area (Å²) < 4.78 is 5.14. The molecule has 3 rings (SSSR count). The van der Waals surface area contributed by atoms with E-state index in [-0.39, 0.29) is 5.91 Å². The first-order chi connectivity index (χ1) is 8.79. The van der Waals surface area contributed by atoms with E-state index in [1.54, 1.807) is 13.2 Å². The number of rotatable bonds is 2. The monoisotopic (exact) mass is 237 g/mol. The molecule has 3 heteroatoms. The molecule has 88 valence electrons. The lowest BCUT2D eigenvalue weighted by Gasteiger charge is -2.00. The smallest absolute Gasteiger partial charge is 0.278 e. The minimum Gasteiger partial charge on any atom is -0.497 e. The van der Waals surface area contributed by atoms with Gasteiger partial charge in [0.1, 0.15) is 5.75 Å². The Morgan fingerprint density at radius 1 is 1.06 bits per heavy atom. The zero-order valence-corrected chi connectivity index (χ0v) is 9.88. The van der Waals surface area contributed by atoms with Gasteiger partial charge in [0, 0.05) is 11.3 Å². The van der Waals surface area contributed by atoms with Crippen molar-refractivity contribution in [2.24, 2.45) is 4.99 Å². The molecule has 0 saturated carbocycles. The summed E-state index contributed by atoms with van der Waals surface area (Å²) >= 11 is 0. The molecule has 0 unspecified atom stereocenters. The van der Waals surface area contributed by atoms with Crippen LogP contribution in [0.1, 0.15) is 5.56 Å². The van der Waals surface area contributed by atoms with E-state index in [0.29, 0.717) is 16.7 Å². The van der Waals surface area contributed by atoms with Crippen LogP contribution in [0.4, 0.5) is 0 Å². The molecule has 3 nitrogen and oxygen atoms in total. The van der Waals surface area contributed by atoms with Crippen molar-refractivity contribution in [1.82, 2.24) is 0 Å². The maximum Gasteiger partial charge on any atom is 0.278 e. The second kappa shape index (κ2) is 4.11. The largest absolute Gasteiger partial charge is 0.497 e. The van der Waals surface area contributed by atoms with Crippen molar-refractivity contribution < 1.29 is 9.53 Å². The zero-order valence-electron chi connectivity index (χ0n) is 9.88. The van der Waals surface area contributed by atoms with Gasteiger partial charge >= 0.3 is 0 Å². The van der Waals surface area contributed by atoms with Crippen LogP contribution >= 0.6 is 0 Å². The lowest BCUT2D eigenvalue weighted by atomic mass is 10.0. The third kappa shape index (κ3) is 1.61. The number of nitrogens with zero attached hydrogens (tertiary/aromatic N) is 1. The Balaban J connectivity index is 2.31. The molecule has 1 aliphatic heterocycles. The second-order valence-corrected chi connectivity index (χ2v) is 4.04. The first kappa shape index (κ1) is 10.7. The molecule has 0 radical (unpaired) electrons. The lowest BCUT2D eigenvalue weighted by Crippen LogP contribution is -2.23. The fourth-order valence-corrected chi connectivity index (χ4v) is 2.11. The van der Waals surface area contributed by atoms with E-state index in [1.165, 1.54) is 0 Å². The van der Waals surface area contributed by atoms with Gasteiger partial charge in [0.2, 0.25) is 0 Å². The molecule has 1 amide bonds. The highest BCUT2D eigenvalue weighted by Gasteiger charge is 2.17. The summed E-state index contributed by atoms with van der Waals surface area (Å²) in [4.78, 5) is 16.0. The number of methoxy groups -OCH3 is 1. The van der Waals surface area contributed by atoms with E-state index in [1.807, 2.05) is 42.5 Å². The van der Waals surface area contributed by atoms with Crippen LogP contribution in [-0.2, 0) is 4.79 Å². The highest BCUT2D eigenvalue weighted by atomic mass is 16.5. The second-order valence-electron chi connectivity index (χ2n) is 4.04. The Morgan fingerprint density at radius 3 is 2.56 bits per heavy atom. The number of benzene rings is 2. The summed E-state index contributed by atoms with van der Waals surface area (Å²) in [7, 11) is 1.60. The van der Waals surface area contributed by atoms with Gasteiger partial charge in [-0.25, -0.2) is 4.99 Å².